The summed E-state index contributed by atoms with van der Waals surface area (Å²) in [5.41, 5.74) is 4.03. The molecule has 3 heteroatoms. The second-order valence-corrected chi connectivity index (χ2v) is 7.67. The van der Waals surface area contributed by atoms with E-state index in [4.69, 9.17) is 0 Å². The molecule has 1 aromatic heterocycles. The maximum atomic E-state index is 13.0. The van der Waals surface area contributed by atoms with Crippen molar-refractivity contribution in [1.29, 1.82) is 0 Å². The zero-order valence-corrected chi connectivity index (χ0v) is 14.1. The molecule has 0 fully saturated rings. The molecular weight excluding hydrogens is 394 g/mol. The molecule has 1 atom stereocenters. The molecule has 1 heterocycles. The molecule has 0 saturated heterocycles. The first-order chi connectivity index (χ1) is 10.2. The molecule has 3 aromatic rings. The third-order valence-electron chi connectivity index (χ3n) is 4.01. The smallest absolute Gasteiger partial charge is 0.123 e. The van der Waals surface area contributed by atoms with E-state index in [0.717, 1.165) is 12.0 Å². The number of fused-ring (bicyclic) bond motifs is 1. The van der Waals surface area contributed by atoms with Crippen LogP contribution in [0.1, 0.15) is 21.9 Å². The van der Waals surface area contributed by atoms with Gasteiger partial charge in [-0.3, -0.25) is 0 Å². The second-order valence-electron chi connectivity index (χ2n) is 5.31. The van der Waals surface area contributed by atoms with E-state index in [0.29, 0.717) is 5.92 Å². The molecule has 2 aromatic carbocycles. The van der Waals surface area contributed by atoms with E-state index < -0.39 is 0 Å². The van der Waals surface area contributed by atoms with E-state index in [2.05, 4.69) is 52.9 Å². The Morgan fingerprint density at radius 1 is 1.00 bits per heavy atom. The highest BCUT2D eigenvalue weighted by molar-refractivity contribution is 14.1. The summed E-state index contributed by atoms with van der Waals surface area (Å²) in [5, 5.41) is 0. The largest absolute Gasteiger partial charge is 0.207 e. The summed E-state index contributed by atoms with van der Waals surface area (Å²) in [4.78, 5) is 2.62. The summed E-state index contributed by atoms with van der Waals surface area (Å²) in [6.07, 6.45) is 1.13. The van der Waals surface area contributed by atoms with Crippen molar-refractivity contribution in [1.82, 2.24) is 0 Å². The number of rotatable bonds is 2. The Bertz CT molecular complexity index is 804. The van der Waals surface area contributed by atoms with Crippen LogP contribution in [0.25, 0.3) is 10.4 Å². The third-order valence-corrected chi connectivity index (χ3v) is 5.93. The van der Waals surface area contributed by atoms with Gasteiger partial charge in [0.15, 0.2) is 0 Å². The molecule has 0 nitrogen and oxygen atoms in total. The lowest BCUT2D eigenvalue weighted by molar-refractivity contribution is 0.628. The van der Waals surface area contributed by atoms with Gasteiger partial charge in [0.05, 0.1) is 0 Å². The lowest BCUT2D eigenvalue weighted by Gasteiger charge is -2.29. The van der Waals surface area contributed by atoms with Gasteiger partial charge in [0.1, 0.15) is 5.82 Å². The molecule has 0 N–H and O–H groups in total. The van der Waals surface area contributed by atoms with Crippen LogP contribution < -0.4 is 0 Å². The van der Waals surface area contributed by atoms with Gasteiger partial charge in [0, 0.05) is 19.2 Å². The average Bonchev–Trinajstić information content (AvgIpc) is 2.93. The zero-order chi connectivity index (χ0) is 14.4. The molecule has 1 aliphatic rings. The maximum absolute atomic E-state index is 13.0. The summed E-state index contributed by atoms with van der Waals surface area (Å²) < 4.78 is 14.3. The summed E-state index contributed by atoms with van der Waals surface area (Å²) in [5.74, 6) is 0.354. The quantitative estimate of drug-likeness (QED) is 0.469. The van der Waals surface area contributed by atoms with Crippen molar-refractivity contribution in [2.24, 2.45) is 0 Å². The number of hydrogen-bond acceptors (Lipinski definition) is 1. The number of thiophene rings is 1. The molecule has 1 aliphatic carbocycles. The summed E-state index contributed by atoms with van der Waals surface area (Å²) in [6.45, 7) is 0. The van der Waals surface area contributed by atoms with Crippen LogP contribution in [0.15, 0.2) is 54.6 Å². The number of hydrogen-bond donors (Lipinski definition) is 0. The van der Waals surface area contributed by atoms with Crippen molar-refractivity contribution in [3.05, 3.63) is 80.0 Å². The van der Waals surface area contributed by atoms with Crippen molar-refractivity contribution in [2.45, 2.75) is 12.3 Å². The van der Waals surface area contributed by atoms with Crippen molar-refractivity contribution in [3.8, 4) is 10.4 Å². The zero-order valence-electron chi connectivity index (χ0n) is 11.1. The van der Waals surface area contributed by atoms with E-state index in [9.17, 15) is 4.39 Å². The van der Waals surface area contributed by atoms with Gasteiger partial charge >= 0.3 is 0 Å². The standard InChI is InChI=1S/C18H12FIS/c19-13-4-1-11(2-5-13)17-7-8-18(21-17)16-9-12-3-6-14(20)10-15(12)16/h1-8,10,16H,9H2. The van der Waals surface area contributed by atoms with Crippen LogP contribution in [-0.2, 0) is 6.42 Å². The minimum atomic E-state index is -0.182. The minimum Gasteiger partial charge on any atom is -0.207 e. The highest BCUT2D eigenvalue weighted by Gasteiger charge is 2.28. The van der Waals surface area contributed by atoms with Gasteiger partial charge in [-0.2, -0.15) is 0 Å². The van der Waals surface area contributed by atoms with Gasteiger partial charge in [-0.25, -0.2) is 4.39 Å². The third kappa shape index (κ3) is 2.42. The van der Waals surface area contributed by atoms with Crippen LogP contribution in [-0.4, -0.2) is 0 Å². The van der Waals surface area contributed by atoms with Gasteiger partial charge in [-0.15, -0.1) is 11.3 Å². The van der Waals surface area contributed by atoms with Gasteiger partial charge < -0.3 is 0 Å². The summed E-state index contributed by atoms with van der Waals surface area (Å²) >= 11 is 4.19. The summed E-state index contributed by atoms with van der Waals surface area (Å²) in [7, 11) is 0. The maximum Gasteiger partial charge on any atom is 0.123 e. The minimum absolute atomic E-state index is 0.182. The first-order valence-corrected chi connectivity index (χ1v) is 8.74. The van der Waals surface area contributed by atoms with Crippen LogP contribution >= 0.6 is 33.9 Å². The van der Waals surface area contributed by atoms with Crippen LogP contribution in [0, 0.1) is 9.39 Å². The molecular formula is C18H12FIS. The van der Waals surface area contributed by atoms with Gasteiger partial charge in [0.2, 0.25) is 0 Å². The molecule has 0 aliphatic heterocycles. The van der Waals surface area contributed by atoms with Gasteiger partial charge in [-0.1, -0.05) is 18.2 Å². The molecule has 1 unspecified atom stereocenters. The van der Waals surface area contributed by atoms with Gasteiger partial charge in [-0.05, 0) is 82.1 Å². The topological polar surface area (TPSA) is 0 Å². The molecule has 0 amide bonds. The fourth-order valence-corrected chi connectivity index (χ4v) is 4.49. The number of halogens is 2. The fraction of sp³-hybridized carbons (Fsp3) is 0.111. The van der Waals surface area contributed by atoms with Crippen molar-refractivity contribution in [3.63, 3.8) is 0 Å². The van der Waals surface area contributed by atoms with E-state index >= 15 is 0 Å². The Kier molecular flexibility index (Phi) is 3.34. The monoisotopic (exact) mass is 406 g/mol. The molecule has 0 spiro atoms. The normalized spacial score (nSPS) is 16.4. The summed E-state index contributed by atoms with van der Waals surface area (Å²) in [6, 6.07) is 17.8. The van der Waals surface area contributed by atoms with Crippen LogP contribution in [0.3, 0.4) is 0 Å². The van der Waals surface area contributed by atoms with Crippen molar-refractivity contribution < 1.29 is 4.39 Å². The Hall–Kier alpha value is -1.20. The first kappa shape index (κ1) is 13.5. The second kappa shape index (κ2) is 5.21. The first-order valence-electron chi connectivity index (χ1n) is 6.85. The van der Waals surface area contributed by atoms with Crippen LogP contribution in [0.5, 0.6) is 0 Å². The van der Waals surface area contributed by atoms with Crippen molar-refractivity contribution >= 4 is 33.9 Å². The number of benzene rings is 2. The molecule has 0 radical (unpaired) electrons. The lowest BCUT2D eigenvalue weighted by Crippen LogP contribution is -2.17. The predicted octanol–water partition coefficient (Wildman–Crippen LogP) is 5.85. The average molecular weight is 406 g/mol. The highest BCUT2D eigenvalue weighted by atomic mass is 127. The Morgan fingerprint density at radius 3 is 2.62 bits per heavy atom. The molecule has 0 saturated carbocycles. The Morgan fingerprint density at radius 2 is 1.81 bits per heavy atom. The van der Waals surface area contributed by atoms with E-state index in [1.54, 1.807) is 0 Å². The molecule has 0 bridgehead atoms. The predicted molar refractivity (Wildman–Crippen MR) is 94.4 cm³/mol. The molecule has 21 heavy (non-hydrogen) atoms. The van der Waals surface area contributed by atoms with Crippen LogP contribution in [0.2, 0.25) is 0 Å². The van der Waals surface area contributed by atoms with Gasteiger partial charge in [0.25, 0.3) is 0 Å². The highest BCUT2D eigenvalue weighted by Crippen LogP contribution is 2.44. The fourth-order valence-electron chi connectivity index (χ4n) is 2.84. The van der Waals surface area contributed by atoms with Crippen LogP contribution in [0.4, 0.5) is 4.39 Å². The lowest BCUT2D eigenvalue weighted by atomic mass is 9.77. The molecule has 4 rings (SSSR count). The van der Waals surface area contributed by atoms with E-state index in [1.165, 1.54) is 36.6 Å². The Balaban J connectivity index is 1.65. The van der Waals surface area contributed by atoms with E-state index in [1.807, 2.05) is 23.5 Å². The Labute approximate surface area is 140 Å². The van der Waals surface area contributed by atoms with E-state index in [-0.39, 0.29) is 5.82 Å². The molecule has 104 valence electrons. The van der Waals surface area contributed by atoms with Crippen molar-refractivity contribution in [2.75, 3.05) is 0 Å². The SMILES string of the molecule is Fc1ccc(-c2ccc(C3Cc4ccc(I)cc43)s2)cc1.